The molecule has 116 valence electrons. The molecule has 0 radical (unpaired) electrons. The number of benzene rings is 1. The average Bonchev–Trinajstić information content (AvgIpc) is 3.09. The Labute approximate surface area is 128 Å². The van der Waals surface area contributed by atoms with Gasteiger partial charge in [0.05, 0.1) is 12.2 Å². The molecule has 3 rings (SSSR count). The molecule has 1 aromatic carbocycles. The monoisotopic (exact) mass is 303 g/mol. The van der Waals surface area contributed by atoms with E-state index >= 15 is 0 Å². The van der Waals surface area contributed by atoms with Crippen LogP contribution in [0.15, 0.2) is 18.2 Å². The van der Waals surface area contributed by atoms with Crippen LogP contribution < -0.4 is 0 Å². The Morgan fingerprint density at radius 1 is 1.32 bits per heavy atom. The Hall–Kier alpha value is -1.97. The number of rotatable bonds is 2. The maximum Gasteiger partial charge on any atom is 0.253 e. The van der Waals surface area contributed by atoms with Crippen LogP contribution in [0.5, 0.6) is 0 Å². The number of carbonyl (C=O) groups is 1. The van der Waals surface area contributed by atoms with Crippen LogP contribution in [0.4, 0.5) is 4.39 Å². The van der Waals surface area contributed by atoms with E-state index in [2.05, 4.69) is 4.90 Å². The standard InChI is InChI=1S/C16H18FN3O2/c17-15-2-1-12(9-13(15)10-18)16(21)20-6-4-19(5-7-20)14-3-8-22-11-14/h1-2,9,14H,3-8,11H2. The molecular weight excluding hydrogens is 285 g/mol. The lowest BCUT2D eigenvalue weighted by molar-refractivity contribution is 0.0549. The van der Waals surface area contributed by atoms with Crippen molar-refractivity contribution in [2.24, 2.45) is 0 Å². The number of nitriles is 1. The fourth-order valence-corrected chi connectivity index (χ4v) is 3.03. The van der Waals surface area contributed by atoms with Crippen molar-refractivity contribution in [2.45, 2.75) is 12.5 Å². The zero-order valence-corrected chi connectivity index (χ0v) is 12.3. The van der Waals surface area contributed by atoms with Crippen LogP contribution in [0.1, 0.15) is 22.3 Å². The largest absolute Gasteiger partial charge is 0.380 e. The first-order valence-corrected chi connectivity index (χ1v) is 7.50. The van der Waals surface area contributed by atoms with Gasteiger partial charge in [-0.05, 0) is 24.6 Å². The van der Waals surface area contributed by atoms with Gasteiger partial charge in [-0.25, -0.2) is 4.39 Å². The van der Waals surface area contributed by atoms with E-state index in [1.165, 1.54) is 18.2 Å². The van der Waals surface area contributed by atoms with Crippen molar-refractivity contribution in [2.75, 3.05) is 39.4 Å². The molecular formula is C16H18FN3O2. The Kier molecular flexibility index (Phi) is 4.36. The molecule has 1 amide bonds. The van der Waals surface area contributed by atoms with Crippen LogP contribution in [0.2, 0.25) is 0 Å². The van der Waals surface area contributed by atoms with Crippen molar-refractivity contribution < 1.29 is 13.9 Å². The molecule has 1 aromatic rings. The molecule has 0 N–H and O–H groups in total. The second kappa shape index (κ2) is 6.42. The van der Waals surface area contributed by atoms with Crippen molar-refractivity contribution in [1.82, 2.24) is 9.80 Å². The van der Waals surface area contributed by atoms with Gasteiger partial charge in [0.25, 0.3) is 5.91 Å². The van der Waals surface area contributed by atoms with Gasteiger partial charge in [0, 0.05) is 44.4 Å². The minimum Gasteiger partial charge on any atom is -0.380 e. The molecule has 5 nitrogen and oxygen atoms in total. The van der Waals surface area contributed by atoms with Gasteiger partial charge in [0.1, 0.15) is 11.9 Å². The predicted octanol–water partition coefficient (Wildman–Crippen LogP) is 1.24. The molecule has 1 atom stereocenters. The highest BCUT2D eigenvalue weighted by Crippen LogP contribution is 2.17. The van der Waals surface area contributed by atoms with Gasteiger partial charge < -0.3 is 9.64 Å². The summed E-state index contributed by atoms with van der Waals surface area (Å²) in [7, 11) is 0. The van der Waals surface area contributed by atoms with Gasteiger partial charge in [-0.2, -0.15) is 5.26 Å². The van der Waals surface area contributed by atoms with Crippen LogP contribution in [-0.4, -0.2) is 61.1 Å². The number of carbonyl (C=O) groups excluding carboxylic acids is 1. The number of nitrogens with zero attached hydrogens (tertiary/aromatic N) is 3. The van der Waals surface area contributed by atoms with E-state index in [0.717, 1.165) is 32.7 Å². The maximum absolute atomic E-state index is 13.3. The highest BCUT2D eigenvalue weighted by molar-refractivity contribution is 5.94. The van der Waals surface area contributed by atoms with Crippen molar-refractivity contribution in [1.29, 1.82) is 5.26 Å². The van der Waals surface area contributed by atoms with Crippen LogP contribution in [0, 0.1) is 17.1 Å². The topological polar surface area (TPSA) is 56.6 Å². The van der Waals surface area contributed by atoms with E-state index in [-0.39, 0.29) is 11.5 Å². The molecule has 2 fully saturated rings. The third kappa shape index (κ3) is 2.96. The normalized spacial score (nSPS) is 22.5. The zero-order chi connectivity index (χ0) is 15.5. The van der Waals surface area contributed by atoms with Crippen molar-refractivity contribution in [3.8, 4) is 6.07 Å². The van der Waals surface area contributed by atoms with E-state index in [1.807, 2.05) is 0 Å². The van der Waals surface area contributed by atoms with E-state index in [0.29, 0.717) is 24.7 Å². The van der Waals surface area contributed by atoms with Gasteiger partial charge in [-0.15, -0.1) is 0 Å². The predicted molar refractivity (Wildman–Crippen MR) is 77.8 cm³/mol. The summed E-state index contributed by atoms with van der Waals surface area (Å²) in [6, 6.07) is 6.18. The third-order valence-electron chi connectivity index (χ3n) is 4.36. The molecule has 0 aliphatic carbocycles. The molecule has 2 saturated heterocycles. The Morgan fingerprint density at radius 3 is 2.73 bits per heavy atom. The molecule has 6 heteroatoms. The van der Waals surface area contributed by atoms with Crippen molar-refractivity contribution in [3.05, 3.63) is 35.1 Å². The second-order valence-electron chi connectivity index (χ2n) is 5.65. The first kappa shape index (κ1) is 14.9. The molecule has 0 aromatic heterocycles. The molecule has 0 saturated carbocycles. The molecule has 0 spiro atoms. The molecule has 2 aliphatic heterocycles. The molecule has 2 heterocycles. The summed E-state index contributed by atoms with van der Waals surface area (Å²) in [6.07, 6.45) is 1.05. The average molecular weight is 303 g/mol. The highest BCUT2D eigenvalue weighted by atomic mass is 19.1. The van der Waals surface area contributed by atoms with Crippen molar-refractivity contribution in [3.63, 3.8) is 0 Å². The molecule has 2 aliphatic rings. The van der Waals surface area contributed by atoms with Crippen LogP contribution >= 0.6 is 0 Å². The second-order valence-corrected chi connectivity index (χ2v) is 5.65. The van der Waals surface area contributed by atoms with Gasteiger partial charge in [0.15, 0.2) is 0 Å². The molecule has 0 bridgehead atoms. The van der Waals surface area contributed by atoms with Crippen LogP contribution in [0.3, 0.4) is 0 Å². The number of halogens is 1. The van der Waals surface area contributed by atoms with E-state index < -0.39 is 5.82 Å². The first-order valence-electron chi connectivity index (χ1n) is 7.50. The Morgan fingerprint density at radius 2 is 2.09 bits per heavy atom. The summed E-state index contributed by atoms with van der Waals surface area (Å²) in [5.74, 6) is -0.732. The zero-order valence-electron chi connectivity index (χ0n) is 12.3. The first-order chi connectivity index (χ1) is 10.7. The lowest BCUT2D eigenvalue weighted by atomic mass is 10.1. The number of ether oxygens (including phenoxy) is 1. The number of hydrogen-bond acceptors (Lipinski definition) is 4. The maximum atomic E-state index is 13.3. The van der Waals surface area contributed by atoms with Gasteiger partial charge in [0.2, 0.25) is 0 Å². The smallest absolute Gasteiger partial charge is 0.253 e. The lowest BCUT2D eigenvalue weighted by Gasteiger charge is -2.37. The summed E-state index contributed by atoms with van der Waals surface area (Å²) in [6.45, 7) is 4.54. The van der Waals surface area contributed by atoms with E-state index in [4.69, 9.17) is 10.00 Å². The Bertz CT molecular complexity index is 600. The minimum atomic E-state index is -0.592. The third-order valence-corrected chi connectivity index (χ3v) is 4.36. The quantitative estimate of drug-likeness (QED) is 0.825. The summed E-state index contributed by atoms with van der Waals surface area (Å²) in [5, 5.41) is 8.86. The van der Waals surface area contributed by atoms with Crippen LogP contribution in [-0.2, 0) is 4.74 Å². The molecule has 22 heavy (non-hydrogen) atoms. The minimum absolute atomic E-state index is 0.0902. The van der Waals surface area contributed by atoms with Crippen LogP contribution in [0.25, 0.3) is 0 Å². The highest BCUT2D eigenvalue weighted by Gasteiger charge is 2.28. The SMILES string of the molecule is N#Cc1cc(C(=O)N2CCN(C3CCOC3)CC2)ccc1F. The Balaban J connectivity index is 1.63. The van der Waals surface area contributed by atoms with Gasteiger partial charge in [-0.1, -0.05) is 0 Å². The van der Waals surface area contributed by atoms with Gasteiger partial charge in [-0.3, -0.25) is 9.69 Å². The number of amides is 1. The summed E-state index contributed by atoms with van der Waals surface area (Å²) >= 11 is 0. The number of piperazine rings is 1. The van der Waals surface area contributed by atoms with E-state index in [1.54, 1.807) is 11.0 Å². The fraction of sp³-hybridized carbons (Fsp3) is 0.500. The van der Waals surface area contributed by atoms with Gasteiger partial charge >= 0.3 is 0 Å². The lowest BCUT2D eigenvalue weighted by Crippen LogP contribution is -2.52. The number of hydrogen-bond donors (Lipinski definition) is 0. The fourth-order valence-electron chi connectivity index (χ4n) is 3.03. The summed E-state index contributed by atoms with van der Waals surface area (Å²) < 4.78 is 18.7. The molecule has 1 unspecified atom stereocenters. The summed E-state index contributed by atoms with van der Waals surface area (Å²) in [4.78, 5) is 16.6. The summed E-state index contributed by atoms with van der Waals surface area (Å²) in [5.41, 5.74) is 0.281. The van der Waals surface area contributed by atoms with E-state index in [9.17, 15) is 9.18 Å². The van der Waals surface area contributed by atoms with Crippen molar-refractivity contribution >= 4 is 5.91 Å².